The van der Waals surface area contributed by atoms with Gasteiger partial charge in [0.25, 0.3) is 10.0 Å². The zero-order valence-electron chi connectivity index (χ0n) is 10.1. The Kier molecular flexibility index (Phi) is 3.91. The zero-order valence-corrected chi connectivity index (χ0v) is 13.3. The van der Waals surface area contributed by atoms with Crippen molar-refractivity contribution in [1.82, 2.24) is 4.31 Å². The van der Waals surface area contributed by atoms with Gasteiger partial charge in [0.05, 0.1) is 9.08 Å². The van der Waals surface area contributed by atoms with Crippen LogP contribution in [0.15, 0.2) is 16.3 Å². The molecule has 0 aromatic carbocycles. The van der Waals surface area contributed by atoms with Crippen LogP contribution in [0.2, 0.25) is 4.34 Å². The lowest BCUT2D eigenvalue weighted by Crippen LogP contribution is -2.51. The Morgan fingerprint density at radius 2 is 2.11 bits per heavy atom. The van der Waals surface area contributed by atoms with Gasteiger partial charge in [0.15, 0.2) is 0 Å². The number of thiophene rings is 1. The summed E-state index contributed by atoms with van der Waals surface area (Å²) in [6.07, 6.45) is 0. The van der Waals surface area contributed by atoms with Crippen molar-refractivity contribution in [2.45, 2.75) is 22.8 Å². The van der Waals surface area contributed by atoms with Crippen LogP contribution < -0.4 is 0 Å². The van der Waals surface area contributed by atoms with Gasteiger partial charge in [-0.25, -0.2) is 8.42 Å². The first-order valence-corrected chi connectivity index (χ1v) is 9.33. The van der Waals surface area contributed by atoms with Crippen LogP contribution in [-0.2, 0) is 20.8 Å². The summed E-state index contributed by atoms with van der Waals surface area (Å²) in [4.78, 5) is 0. The van der Waals surface area contributed by atoms with Gasteiger partial charge in [-0.3, -0.25) is 4.21 Å². The number of hydrogen-bond acceptors (Lipinski definition) is 4. The molecule has 0 unspecified atom stereocenters. The van der Waals surface area contributed by atoms with Gasteiger partial charge in [-0.1, -0.05) is 11.6 Å². The van der Waals surface area contributed by atoms with Crippen LogP contribution in [0.4, 0.5) is 0 Å². The molecule has 0 spiro atoms. The maximum Gasteiger partial charge on any atom is 0.252 e. The molecule has 2 rings (SSSR count). The predicted molar refractivity (Wildman–Crippen MR) is 75.2 cm³/mol. The highest BCUT2D eigenvalue weighted by Crippen LogP contribution is 2.31. The van der Waals surface area contributed by atoms with E-state index in [1.54, 1.807) is 6.07 Å². The van der Waals surface area contributed by atoms with E-state index >= 15 is 0 Å². The van der Waals surface area contributed by atoms with E-state index in [0.29, 0.717) is 16.6 Å². The molecule has 0 amide bonds. The van der Waals surface area contributed by atoms with Crippen LogP contribution in [0.3, 0.4) is 0 Å². The number of halogens is 1. The zero-order chi connectivity index (χ0) is 13.6. The van der Waals surface area contributed by atoms with E-state index in [2.05, 4.69) is 0 Å². The van der Waals surface area contributed by atoms with Crippen LogP contribution in [-0.4, -0.2) is 40.5 Å². The second-order valence-corrected chi connectivity index (χ2v) is 10.8. The third kappa shape index (κ3) is 2.65. The van der Waals surface area contributed by atoms with E-state index in [9.17, 15) is 12.6 Å². The Labute approximate surface area is 118 Å². The molecule has 0 radical (unpaired) electrons. The number of nitrogens with zero attached hydrogens (tertiary/aromatic N) is 1. The van der Waals surface area contributed by atoms with Crippen molar-refractivity contribution in [3.63, 3.8) is 0 Å². The third-order valence-electron chi connectivity index (χ3n) is 2.84. The Hall–Kier alpha value is 0.0500. The van der Waals surface area contributed by atoms with Gasteiger partial charge in [-0.05, 0) is 26.0 Å². The summed E-state index contributed by atoms with van der Waals surface area (Å²) < 4.78 is 38.1. The average Bonchev–Trinajstić information content (AvgIpc) is 2.69. The van der Waals surface area contributed by atoms with Crippen molar-refractivity contribution < 1.29 is 12.6 Å². The maximum atomic E-state index is 12.4. The van der Waals surface area contributed by atoms with Crippen molar-refractivity contribution in [2.24, 2.45) is 0 Å². The van der Waals surface area contributed by atoms with Crippen LogP contribution in [0, 0.1) is 0 Å². The standard InChI is InChI=1S/C10H14ClNO3S3/c1-10(2)7-12(5-6-17(10)13)18(14,15)9-4-3-8(11)16-9/h3-4H,5-7H2,1-2H3/t17-/m1/s1. The molecule has 1 fully saturated rings. The van der Waals surface area contributed by atoms with Crippen LogP contribution >= 0.6 is 22.9 Å². The molecule has 1 aliphatic rings. The molecule has 1 saturated heterocycles. The van der Waals surface area contributed by atoms with Crippen LogP contribution in [0.1, 0.15) is 13.8 Å². The molecule has 1 aliphatic heterocycles. The molecule has 2 heterocycles. The van der Waals surface area contributed by atoms with Gasteiger partial charge in [0.1, 0.15) is 4.21 Å². The molecule has 0 aliphatic carbocycles. The molecule has 102 valence electrons. The van der Waals surface area contributed by atoms with Gasteiger partial charge < -0.3 is 0 Å². The summed E-state index contributed by atoms with van der Waals surface area (Å²) in [6.45, 7) is 4.23. The average molecular weight is 328 g/mol. The SMILES string of the molecule is CC1(C)CN(S(=O)(=O)c2ccc(Cl)s2)CC[S@]1=O. The predicted octanol–water partition coefficient (Wildman–Crippen LogP) is 1.93. The Morgan fingerprint density at radius 1 is 1.44 bits per heavy atom. The lowest BCUT2D eigenvalue weighted by molar-refractivity contribution is 0.379. The largest absolute Gasteiger partial charge is 0.259 e. The van der Waals surface area contributed by atoms with E-state index in [1.807, 2.05) is 13.8 Å². The van der Waals surface area contributed by atoms with Crippen molar-refractivity contribution in [2.75, 3.05) is 18.8 Å². The molecule has 0 saturated carbocycles. The summed E-state index contributed by atoms with van der Waals surface area (Å²) in [5, 5.41) is 0. The first-order chi connectivity index (χ1) is 8.23. The first kappa shape index (κ1) is 14.5. The molecular formula is C10H14ClNO3S3. The van der Waals surface area contributed by atoms with Gasteiger partial charge in [-0.2, -0.15) is 4.31 Å². The first-order valence-electron chi connectivity index (χ1n) is 5.37. The second-order valence-electron chi connectivity index (χ2n) is 4.71. The van der Waals surface area contributed by atoms with Crippen LogP contribution in [0.25, 0.3) is 0 Å². The minimum Gasteiger partial charge on any atom is -0.259 e. The minimum atomic E-state index is -3.50. The molecule has 1 aromatic heterocycles. The Morgan fingerprint density at radius 3 is 2.61 bits per heavy atom. The smallest absolute Gasteiger partial charge is 0.252 e. The van der Waals surface area contributed by atoms with Crippen molar-refractivity contribution in [3.05, 3.63) is 16.5 Å². The molecule has 18 heavy (non-hydrogen) atoms. The van der Waals surface area contributed by atoms with Gasteiger partial charge in [0, 0.05) is 29.6 Å². The summed E-state index contributed by atoms with van der Waals surface area (Å²) in [6, 6.07) is 3.09. The van der Waals surface area contributed by atoms with Crippen molar-refractivity contribution in [3.8, 4) is 0 Å². The summed E-state index contributed by atoms with van der Waals surface area (Å²) in [5.41, 5.74) is 0. The molecular weight excluding hydrogens is 314 g/mol. The normalized spacial score (nSPS) is 25.2. The summed E-state index contributed by atoms with van der Waals surface area (Å²) >= 11 is 6.82. The van der Waals surface area contributed by atoms with Gasteiger partial charge in [-0.15, -0.1) is 11.3 Å². The fourth-order valence-electron chi connectivity index (χ4n) is 1.81. The van der Waals surface area contributed by atoms with Gasteiger partial charge >= 0.3 is 0 Å². The third-order valence-corrected chi connectivity index (χ3v) is 8.30. The molecule has 8 heteroatoms. The van der Waals surface area contributed by atoms with Gasteiger partial charge in [0.2, 0.25) is 0 Å². The molecule has 4 nitrogen and oxygen atoms in total. The fraction of sp³-hybridized carbons (Fsp3) is 0.600. The summed E-state index contributed by atoms with van der Waals surface area (Å²) in [5.74, 6) is 0.380. The second kappa shape index (κ2) is 4.86. The lowest BCUT2D eigenvalue weighted by Gasteiger charge is -2.36. The van der Waals surface area contributed by atoms with E-state index in [0.717, 1.165) is 11.3 Å². The summed E-state index contributed by atoms with van der Waals surface area (Å²) in [7, 11) is -4.49. The van der Waals surface area contributed by atoms with E-state index in [-0.39, 0.29) is 10.8 Å². The van der Waals surface area contributed by atoms with E-state index in [4.69, 9.17) is 11.6 Å². The molecule has 0 N–H and O–H groups in total. The van der Waals surface area contributed by atoms with E-state index in [1.165, 1.54) is 10.4 Å². The lowest BCUT2D eigenvalue weighted by atomic mass is 10.2. The van der Waals surface area contributed by atoms with Crippen molar-refractivity contribution in [1.29, 1.82) is 0 Å². The number of rotatable bonds is 2. The minimum absolute atomic E-state index is 0.246. The Balaban J connectivity index is 2.30. The quantitative estimate of drug-likeness (QED) is 0.834. The van der Waals surface area contributed by atoms with E-state index < -0.39 is 25.6 Å². The Bertz CT molecular complexity index is 579. The topological polar surface area (TPSA) is 54.5 Å². The van der Waals surface area contributed by atoms with Crippen LogP contribution in [0.5, 0.6) is 0 Å². The highest BCUT2D eigenvalue weighted by Gasteiger charge is 2.39. The highest BCUT2D eigenvalue weighted by molar-refractivity contribution is 7.91. The van der Waals surface area contributed by atoms with Crippen molar-refractivity contribution >= 4 is 43.8 Å². The molecule has 1 atom stereocenters. The monoisotopic (exact) mass is 327 g/mol. The molecule has 1 aromatic rings. The number of hydrogen-bond donors (Lipinski definition) is 0. The molecule has 0 bridgehead atoms. The fourth-order valence-corrected chi connectivity index (χ4v) is 6.48. The number of sulfonamides is 1. The maximum absolute atomic E-state index is 12.4. The highest BCUT2D eigenvalue weighted by atomic mass is 35.5.